The molecule has 92 valence electrons. The van der Waals surface area contributed by atoms with Gasteiger partial charge in [-0.15, -0.1) is 0 Å². The first-order chi connectivity index (χ1) is 8.07. The lowest BCUT2D eigenvalue weighted by Crippen LogP contribution is -2.48. The van der Waals surface area contributed by atoms with Crippen LogP contribution in [-0.4, -0.2) is 26.1 Å². The van der Waals surface area contributed by atoms with Gasteiger partial charge in [0, 0.05) is 11.8 Å². The largest absolute Gasteiger partial charge is 0.496 e. The van der Waals surface area contributed by atoms with Gasteiger partial charge >= 0.3 is 0 Å². The van der Waals surface area contributed by atoms with Crippen LogP contribution in [0.4, 0.5) is 0 Å². The van der Waals surface area contributed by atoms with Crippen LogP contribution in [0, 0.1) is 0 Å². The van der Waals surface area contributed by atoms with Crippen molar-refractivity contribution in [2.24, 2.45) is 0 Å². The maximum atomic E-state index is 11.3. The van der Waals surface area contributed by atoms with E-state index in [0.29, 0.717) is 19.6 Å². The number of hydrogen-bond acceptors (Lipinski definition) is 3. The minimum atomic E-state index is -0.138. The van der Waals surface area contributed by atoms with Crippen molar-refractivity contribution in [2.75, 3.05) is 20.3 Å². The number of hydrogen-bond donors (Lipinski definition) is 0. The van der Waals surface area contributed by atoms with Gasteiger partial charge in [-0.1, -0.05) is 6.07 Å². The molecule has 2 rings (SSSR count). The van der Waals surface area contributed by atoms with Gasteiger partial charge in [-0.3, -0.25) is 4.79 Å². The van der Waals surface area contributed by atoms with Crippen LogP contribution in [0.1, 0.15) is 18.9 Å². The van der Waals surface area contributed by atoms with Gasteiger partial charge in [-0.25, -0.2) is 0 Å². The highest BCUT2D eigenvalue weighted by molar-refractivity contribution is 9.10. The highest BCUT2D eigenvalue weighted by atomic mass is 79.9. The Morgan fingerprint density at radius 2 is 2.24 bits per heavy atom. The van der Waals surface area contributed by atoms with Crippen molar-refractivity contribution in [3.05, 3.63) is 28.2 Å². The summed E-state index contributed by atoms with van der Waals surface area (Å²) in [4.78, 5) is 11.3. The molecule has 0 spiro atoms. The molecule has 1 aromatic carbocycles. The molecule has 4 heteroatoms. The number of carbonyl (C=O) groups is 1. The average Bonchev–Trinajstić information content (AvgIpc) is 2.23. The zero-order chi connectivity index (χ0) is 12.5. The van der Waals surface area contributed by atoms with E-state index in [1.807, 2.05) is 18.2 Å². The van der Waals surface area contributed by atoms with Crippen molar-refractivity contribution in [3.8, 4) is 5.75 Å². The van der Waals surface area contributed by atoms with Crippen LogP contribution in [0.2, 0.25) is 0 Å². The van der Waals surface area contributed by atoms with E-state index >= 15 is 0 Å². The Labute approximate surface area is 109 Å². The number of rotatable bonds is 4. The fraction of sp³-hybridized carbons (Fsp3) is 0.462. The highest BCUT2D eigenvalue weighted by Gasteiger charge is 2.41. The smallest absolute Gasteiger partial charge is 0.133 e. The fourth-order valence-electron chi connectivity index (χ4n) is 2.19. The molecule has 0 bridgehead atoms. The van der Waals surface area contributed by atoms with Gasteiger partial charge in [0.05, 0.1) is 24.8 Å². The molecule has 0 atom stereocenters. The third-order valence-electron chi connectivity index (χ3n) is 3.11. The zero-order valence-corrected chi connectivity index (χ0v) is 11.5. The first-order valence-corrected chi connectivity index (χ1v) is 6.28. The number of ether oxygens (including phenoxy) is 2. The first-order valence-electron chi connectivity index (χ1n) is 5.49. The molecule has 0 unspecified atom stereocenters. The van der Waals surface area contributed by atoms with E-state index < -0.39 is 0 Å². The molecule has 1 aromatic rings. The second-order valence-corrected chi connectivity index (χ2v) is 5.36. The Hall–Kier alpha value is -0.870. The number of Topliss-reactive ketones (excluding diaryl/α,β-unsaturated/α-hetero) is 1. The van der Waals surface area contributed by atoms with E-state index in [1.54, 1.807) is 14.0 Å². The summed E-state index contributed by atoms with van der Waals surface area (Å²) in [5.74, 6) is 0.993. The molecule has 17 heavy (non-hydrogen) atoms. The molecule has 0 radical (unpaired) electrons. The van der Waals surface area contributed by atoms with E-state index in [2.05, 4.69) is 15.9 Å². The third kappa shape index (κ3) is 2.38. The lowest BCUT2D eigenvalue weighted by Gasteiger charge is -2.41. The van der Waals surface area contributed by atoms with Crippen molar-refractivity contribution < 1.29 is 14.3 Å². The summed E-state index contributed by atoms with van der Waals surface area (Å²) in [5, 5.41) is 0. The van der Waals surface area contributed by atoms with Crippen LogP contribution in [-0.2, 0) is 14.9 Å². The highest BCUT2D eigenvalue weighted by Crippen LogP contribution is 2.39. The second-order valence-electron chi connectivity index (χ2n) is 4.50. The van der Waals surface area contributed by atoms with Crippen LogP contribution < -0.4 is 4.74 Å². The predicted molar refractivity (Wildman–Crippen MR) is 68.5 cm³/mol. The maximum Gasteiger partial charge on any atom is 0.133 e. The summed E-state index contributed by atoms with van der Waals surface area (Å²) in [6.07, 6.45) is 0.534. The Morgan fingerprint density at radius 1 is 1.53 bits per heavy atom. The summed E-state index contributed by atoms with van der Waals surface area (Å²) >= 11 is 3.47. The van der Waals surface area contributed by atoms with Crippen LogP contribution in [0.25, 0.3) is 0 Å². The van der Waals surface area contributed by atoms with Crippen molar-refractivity contribution in [2.45, 2.75) is 18.8 Å². The van der Waals surface area contributed by atoms with E-state index in [1.165, 1.54) is 0 Å². The molecule has 0 aromatic heterocycles. The number of benzene rings is 1. The summed E-state index contributed by atoms with van der Waals surface area (Å²) < 4.78 is 11.4. The van der Waals surface area contributed by atoms with Gasteiger partial charge in [-0.2, -0.15) is 0 Å². The lowest BCUT2D eigenvalue weighted by atomic mass is 9.75. The van der Waals surface area contributed by atoms with Crippen molar-refractivity contribution in [1.82, 2.24) is 0 Å². The van der Waals surface area contributed by atoms with Gasteiger partial charge in [0.1, 0.15) is 11.5 Å². The normalized spacial score (nSPS) is 17.4. The third-order valence-corrected chi connectivity index (χ3v) is 3.73. The number of ketones is 1. The standard InChI is InChI=1S/C13H15BrO3/c1-9(15)6-13(7-17-8-13)10-3-4-12(16-2)11(14)5-10/h3-5H,6-8H2,1-2H3. The quantitative estimate of drug-likeness (QED) is 0.857. The Bertz CT molecular complexity index is 438. The monoisotopic (exact) mass is 298 g/mol. The van der Waals surface area contributed by atoms with Crippen LogP contribution in [0.3, 0.4) is 0 Å². The van der Waals surface area contributed by atoms with Gasteiger partial charge in [0.2, 0.25) is 0 Å². The predicted octanol–water partition coefficient (Wildman–Crippen LogP) is 2.70. The second kappa shape index (κ2) is 4.78. The summed E-state index contributed by atoms with van der Waals surface area (Å²) in [5.41, 5.74) is 0.993. The maximum absolute atomic E-state index is 11.3. The molecule has 1 saturated heterocycles. The van der Waals surface area contributed by atoms with Crippen LogP contribution >= 0.6 is 15.9 Å². The first kappa shape index (κ1) is 12.6. The SMILES string of the molecule is COc1ccc(C2(CC(C)=O)COC2)cc1Br. The molecule has 0 amide bonds. The molecule has 3 nitrogen and oxygen atoms in total. The Balaban J connectivity index is 2.31. The fourth-order valence-corrected chi connectivity index (χ4v) is 2.73. The summed E-state index contributed by atoms with van der Waals surface area (Å²) in [6, 6.07) is 5.94. The summed E-state index contributed by atoms with van der Waals surface area (Å²) in [6.45, 7) is 2.86. The van der Waals surface area contributed by atoms with Crippen molar-refractivity contribution in [3.63, 3.8) is 0 Å². The average molecular weight is 299 g/mol. The topological polar surface area (TPSA) is 35.5 Å². The van der Waals surface area contributed by atoms with Gasteiger partial charge in [0.15, 0.2) is 0 Å². The lowest BCUT2D eigenvalue weighted by molar-refractivity contribution is -0.125. The van der Waals surface area contributed by atoms with Crippen LogP contribution in [0.5, 0.6) is 5.75 Å². The minimum absolute atomic E-state index is 0.138. The zero-order valence-electron chi connectivity index (χ0n) is 9.96. The number of methoxy groups -OCH3 is 1. The molecule has 1 aliphatic rings. The molecule has 0 aliphatic carbocycles. The van der Waals surface area contributed by atoms with Crippen LogP contribution in [0.15, 0.2) is 22.7 Å². The van der Waals surface area contributed by atoms with Crippen molar-refractivity contribution >= 4 is 21.7 Å². The number of halogens is 1. The molecule has 1 heterocycles. The Morgan fingerprint density at radius 3 is 2.65 bits per heavy atom. The molecule has 1 fully saturated rings. The molecule has 0 N–H and O–H groups in total. The van der Waals surface area contributed by atoms with E-state index in [0.717, 1.165) is 15.8 Å². The van der Waals surface area contributed by atoms with Gasteiger partial charge in [-0.05, 0) is 40.5 Å². The molecular weight excluding hydrogens is 284 g/mol. The van der Waals surface area contributed by atoms with E-state index in [4.69, 9.17) is 9.47 Å². The Kier molecular flexibility index (Phi) is 3.54. The van der Waals surface area contributed by atoms with E-state index in [9.17, 15) is 4.79 Å². The molecule has 1 aliphatic heterocycles. The van der Waals surface area contributed by atoms with Gasteiger partial charge in [0.25, 0.3) is 0 Å². The molecule has 0 saturated carbocycles. The van der Waals surface area contributed by atoms with Crippen molar-refractivity contribution in [1.29, 1.82) is 0 Å². The van der Waals surface area contributed by atoms with E-state index in [-0.39, 0.29) is 11.2 Å². The summed E-state index contributed by atoms with van der Waals surface area (Å²) in [7, 11) is 1.64. The van der Waals surface area contributed by atoms with Gasteiger partial charge < -0.3 is 9.47 Å². The minimum Gasteiger partial charge on any atom is -0.496 e. The molecular formula is C13H15BrO3. The number of carbonyl (C=O) groups excluding carboxylic acids is 1.